The van der Waals surface area contributed by atoms with Crippen LogP contribution < -0.4 is 5.32 Å². The van der Waals surface area contributed by atoms with E-state index in [0.717, 1.165) is 5.56 Å². The highest BCUT2D eigenvalue weighted by Crippen LogP contribution is 2.49. The van der Waals surface area contributed by atoms with E-state index in [1.807, 2.05) is 12.1 Å². The van der Waals surface area contributed by atoms with Gasteiger partial charge in [0.15, 0.2) is 0 Å². The molecule has 0 heterocycles. The third-order valence-corrected chi connectivity index (χ3v) is 5.28. The predicted octanol–water partition coefficient (Wildman–Crippen LogP) is 4.62. The molecule has 0 atom stereocenters. The first kappa shape index (κ1) is 12.8. The van der Waals surface area contributed by atoms with Crippen LogP contribution in [0.1, 0.15) is 56.9 Å². The summed E-state index contributed by atoms with van der Waals surface area (Å²) in [5.41, 5.74) is 3.04. The van der Waals surface area contributed by atoms with Crippen molar-refractivity contribution >= 4 is 5.69 Å². The largest absolute Gasteiger partial charge is 0.508 e. The zero-order valence-corrected chi connectivity index (χ0v) is 11.9. The summed E-state index contributed by atoms with van der Waals surface area (Å²) in [6.07, 6.45) is 11.3. The van der Waals surface area contributed by atoms with Crippen molar-refractivity contribution in [2.75, 3.05) is 5.32 Å². The van der Waals surface area contributed by atoms with Gasteiger partial charge in [-0.25, -0.2) is 0 Å². The van der Waals surface area contributed by atoms with E-state index in [9.17, 15) is 5.11 Å². The molecule has 2 fully saturated rings. The normalized spacial score (nSPS) is 22.8. The van der Waals surface area contributed by atoms with Gasteiger partial charge in [-0.05, 0) is 74.6 Å². The zero-order chi connectivity index (χ0) is 13.3. The predicted molar refractivity (Wildman–Crippen MR) is 79.6 cm³/mol. The van der Waals surface area contributed by atoms with Gasteiger partial charge in [-0.3, -0.25) is 0 Å². The van der Waals surface area contributed by atoms with Gasteiger partial charge >= 0.3 is 0 Å². The third-order valence-electron chi connectivity index (χ3n) is 5.28. The van der Waals surface area contributed by atoms with E-state index in [4.69, 9.17) is 0 Å². The number of aryl methyl sites for hydroxylation is 1. The minimum atomic E-state index is 0.358. The Kier molecular flexibility index (Phi) is 3.42. The number of hydrogen-bond acceptors (Lipinski definition) is 2. The highest BCUT2D eigenvalue weighted by Gasteiger charge is 2.37. The summed E-state index contributed by atoms with van der Waals surface area (Å²) in [7, 11) is 0. The van der Waals surface area contributed by atoms with Crippen LogP contribution in [0.15, 0.2) is 18.2 Å². The van der Waals surface area contributed by atoms with Crippen molar-refractivity contribution in [3.8, 4) is 5.75 Å². The Balaban J connectivity index is 1.60. The van der Waals surface area contributed by atoms with Crippen molar-refractivity contribution in [3.63, 3.8) is 0 Å². The molecule has 0 aromatic heterocycles. The molecule has 0 bridgehead atoms. The highest BCUT2D eigenvalue weighted by molar-refractivity contribution is 5.53. The standard InChI is InChI=1S/C17H25NO/c1-13-12-15(19)4-5-16(13)18-14-6-10-17(11-7-14)8-2-3-9-17/h4-5,12,14,18-19H,2-3,6-11H2,1H3. The summed E-state index contributed by atoms with van der Waals surface area (Å²) in [5, 5.41) is 13.1. The number of hydrogen-bond donors (Lipinski definition) is 2. The molecule has 104 valence electrons. The van der Waals surface area contributed by atoms with Crippen molar-refractivity contribution in [1.29, 1.82) is 0 Å². The first-order valence-electron chi connectivity index (χ1n) is 7.73. The van der Waals surface area contributed by atoms with Crippen LogP contribution in [-0.4, -0.2) is 11.1 Å². The number of phenolic OH excluding ortho intramolecular Hbond substituents is 1. The zero-order valence-electron chi connectivity index (χ0n) is 11.9. The molecule has 2 heteroatoms. The maximum absolute atomic E-state index is 9.45. The van der Waals surface area contributed by atoms with Crippen molar-refractivity contribution in [3.05, 3.63) is 23.8 Å². The topological polar surface area (TPSA) is 32.3 Å². The summed E-state index contributed by atoms with van der Waals surface area (Å²) in [4.78, 5) is 0. The molecule has 2 saturated carbocycles. The molecule has 19 heavy (non-hydrogen) atoms. The maximum Gasteiger partial charge on any atom is 0.115 e. The lowest BCUT2D eigenvalue weighted by molar-refractivity contribution is 0.188. The van der Waals surface area contributed by atoms with Crippen LogP contribution >= 0.6 is 0 Å². The summed E-state index contributed by atoms with van der Waals surface area (Å²) in [6, 6.07) is 6.24. The molecule has 0 saturated heterocycles. The molecule has 0 amide bonds. The van der Waals surface area contributed by atoms with E-state index < -0.39 is 0 Å². The smallest absolute Gasteiger partial charge is 0.115 e. The van der Waals surface area contributed by atoms with Gasteiger partial charge < -0.3 is 10.4 Å². The van der Waals surface area contributed by atoms with Crippen molar-refractivity contribution in [1.82, 2.24) is 0 Å². The maximum atomic E-state index is 9.45. The van der Waals surface area contributed by atoms with Crippen LogP contribution in [0.2, 0.25) is 0 Å². The molecular weight excluding hydrogens is 234 g/mol. The molecule has 0 radical (unpaired) electrons. The van der Waals surface area contributed by atoms with Gasteiger partial charge in [0.2, 0.25) is 0 Å². The molecule has 3 rings (SSSR count). The van der Waals surface area contributed by atoms with E-state index in [2.05, 4.69) is 12.2 Å². The van der Waals surface area contributed by atoms with Crippen molar-refractivity contribution in [2.24, 2.45) is 5.41 Å². The molecule has 1 spiro atoms. The lowest BCUT2D eigenvalue weighted by Gasteiger charge is -2.38. The molecule has 0 unspecified atom stereocenters. The molecule has 2 aliphatic rings. The molecule has 1 aromatic rings. The van der Waals surface area contributed by atoms with Gasteiger partial charge in [0.25, 0.3) is 0 Å². The second-order valence-electron chi connectivity index (χ2n) is 6.62. The summed E-state index contributed by atoms with van der Waals surface area (Å²) in [6.45, 7) is 2.06. The number of rotatable bonds is 2. The van der Waals surface area contributed by atoms with Gasteiger partial charge in [0.05, 0.1) is 0 Å². The number of anilines is 1. The Bertz CT molecular complexity index is 439. The first-order chi connectivity index (χ1) is 9.17. The van der Waals surface area contributed by atoms with Gasteiger partial charge in [0, 0.05) is 11.7 Å². The summed E-state index contributed by atoms with van der Waals surface area (Å²) in [5.74, 6) is 0.358. The van der Waals surface area contributed by atoms with E-state index in [0.29, 0.717) is 17.2 Å². The molecule has 2 nitrogen and oxygen atoms in total. The Hall–Kier alpha value is -1.18. The fraction of sp³-hybridized carbons (Fsp3) is 0.647. The second kappa shape index (κ2) is 5.07. The third kappa shape index (κ3) is 2.72. The minimum Gasteiger partial charge on any atom is -0.508 e. The SMILES string of the molecule is Cc1cc(O)ccc1NC1CCC2(CCCC2)CC1. The molecule has 2 aliphatic carbocycles. The average Bonchev–Trinajstić information content (AvgIpc) is 2.84. The van der Waals surface area contributed by atoms with Gasteiger partial charge in [-0.2, -0.15) is 0 Å². The molecular formula is C17H25NO. The van der Waals surface area contributed by atoms with Crippen LogP contribution in [0.5, 0.6) is 5.75 Å². The van der Waals surface area contributed by atoms with Crippen molar-refractivity contribution in [2.45, 2.75) is 64.3 Å². The monoisotopic (exact) mass is 259 g/mol. The first-order valence-corrected chi connectivity index (χ1v) is 7.73. The van der Waals surface area contributed by atoms with Gasteiger partial charge in [-0.1, -0.05) is 12.8 Å². The fourth-order valence-corrected chi connectivity index (χ4v) is 4.03. The quantitative estimate of drug-likeness (QED) is 0.760. The van der Waals surface area contributed by atoms with E-state index >= 15 is 0 Å². The second-order valence-corrected chi connectivity index (χ2v) is 6.62. The van der Waals surface area contributed by atoms with Gasteiger partial charge in [-0.15, -0.1) is 0 Å². The minimum absolute atomic E-state index is 0.358. The van der Waals surface area contributed by atoms with Crippen LogP contribution in [-0.2, 0) is 0 Å². The average molecular weight is 259 g/mol. The number of aromatic hydroxyl groups is 1. The number of nitrogens with one attached hydrogen (secondary N) is 1. The lowest BCUT2D eigenvalue weighted by atomic mass is 9.71. The Morgan fingerprint density at radius 1 is 1.11 bits per heavy atom. The number of phenols is 1. The van der Waals surface area contributed by atoms with Crippen molar-refractivity contribution < 1.29 is 5.11 Å². The van der Waals surface area contributed by atoms with E-state index in [1.165, 1.54) is 57.1 Å². The number of benzene rings is 1. The Labute approximate surface area is 116 Å². The van der Waals surface area contributed by atoms with E-state index in [1.54, 1.807) is 6.07 Å². The highest BCUT2D eigenvalue weighted by atomic mass is 16.3. The van der Waals surface area contributed by atoms with Crippen LogP contribution in [0, 0.1) is 12.3 Å². The lowest BCUT2D eigenvalue weighted by Crippen LogP contribution is -2.31. The summed E-state index contributed by atoms with van der Waals surface area (Å²) < 4.78 is 0. The molecule has 2 N–H and O–H groups in total. The van der Waals surface area contributed by atoms with Crippen LogP contribution in [0.25, 0.3) is 0 Å². The Morgan fingerprint density at radius 2 is 1.79 bits per heavy atom. The fourth-order valence-electron chi connectivity index (χ4n) is 4.03. The van der Waals surface area contributed by atoms with Gasteiger partial charge in [0.1, 0.15) is 5.75 Å². The molecule has 0 aliphatic heterocycles. The Morgan fingerprint density at radius 3 is 2.42 bits per heavy atom. The van der Waals surface area contributed by atoms with Crippen LogP contribution in [0.4, 0.5) is 5.69 Å². The summed E-state index contributed by atoms with van der Waals surface area (Å²) >= 11 is 0. The van der Waals surface area contributed by atoms with E-state index in [-0.39, 0.29) is 0 Å². The van der Waals surface area contributed by atoms with Crippen LogP contribution in [0.3, 0.4) is 0 Å². The molecule has 1 aromatic carbocycles.